The van der Waals surface area contributed by atoms with E-state index in [2.05, 4.69) is 25.3 Å². The Morgan fingerprint density at radius 1 is 1.23 bits per heavy atom. The molecule has 0 N–H and O–H groups in total. The zero-order valence-corrected chi connectivity index (χ0v) is 23.5. The fourth-order valence-electron chi connectivity index (χ4n) is 5.32. The van der Waals surface area contributed by atoms with Gasteiger partial charge in [-0.05, 0) is 52.2 Å². The molecule has 1 amide bonds. The Morgan fingerprint density at radius 2 is 2.02 bits per heavy atom. The number of piperidine rings is 1. The topological polar surface area (TPSA) is 129 Å². The van der Waals surface area contributed by atoms with Crippen LogP contribution in [0.3, 0.4) is 0 Å². The molecule has 0 unspecified atom stereocenters. The summed E-state index contributed by atoms with van der Waals surface area (Å²) in [5.74, 6) is 2.09. The number of rotatable bonds is 7. The number of amides is 1. The minimum absolute atomic E-state index is 0.0121. The number of hydrogen-bond donors (Lipinski definition) is 0. The van der Waals surface area contributed by atoms with E-state index in [1.807, 2.05) is 26.8 Å². The number of aromatic nitrogens is 5. The average Bonchev–Trinajstić information content (AvgIpc) is 3.51. The fourth-order valence-corrected chi connectivity index (χ4v) is 5.32. The minimum atomic E-state index is -1.27. The number of anilines is 1. The van der Waals surface area contributed by atoms with E-state index in [1.165, 1.54) is 7.11 Å². The first-order chi connectivity index (χ1) is 19.1. The second-order valence-electron chi connectivity index (χ2n) is 11.1. The summed E-state index contributed by atoms with van der Waals surface area (Å²) >= 11 is 0. The van der Waals surface area contributed by atoms with E-state index in [4.69, 9.17) is 18.7 Å². The zero-order valence-electron chi connectivity index (χ0n) is 23.5. The molecule has 0 radical (unpaired) electrons. The molecule has 2 fully saturated rings. The number of ether oxygens (including phenoxy) is 3. The highest BCUT2D eigenvalue weighted by atomic mass is 19.1. The highest BCUT2D eigenvalue weighted by Crippen LogP contribution is 2.41. The lowest BCUT2D eigenvalue weighted by atomic mass is 9.94. The summed E-state index contributed by atoms with van der Waals surface area (Å²) in [6.45, 7) is 7.16. The third kappa shape index (κ3) is 5.55. The monoisotopic (exact) mass is 555 g/mol. The number of halogens is 1. The minimum Gasteiger partial charge on any atom is -0.467 e. The third-order valence-electron chi connectivity index (χ3n) is 7.15. The van der Waals surface area contributed by atoms with E-state index in [0.717, 1.165) is 6.42 Å². The van der Waals surface area contributed by atoms with Crippen molar-refractivity contribution in [1.82, 2.24) is 30.2 Å². The highest BCUT2D eigenvalue weighted by molar-refractivity contribution is 5.71. The molecule has 5 rings (SSSR count). The van der Waals surface area contributed by atoms with Gasteiger partial charge in [0.25, 0.3) is 0 Å². The van der Waals surface area contributed by atoms with E-state index in [0.29, 0.717) is 53.1 Å². The lowest BCUT2D eigenvalue weighted by molar-refractivity contribution is -0.0104. The predicted molar refractivity (Wildman–Crippen MR) is 142 cm³/mol. The van der Waals surface area contributed by atoms with E-state index < -0.39 is 29.9 Å². The van der Waals surface area contributed by atoms with Crippen LogP contribution in [0.1, 0.15) is 45.9 Å². The van der Waals surface area contributed by atoms with Crippen molar-refractivity contribution >= 4 is 11.9 Å². The standard InChI is InChI=1S/C27H34FN7O5/c1-15-30-24(33-40-15)16-7-9-18(21(11-16)38-14-37-6)25-29-13-22(31-32-25)34(5)20-12-17-8-10-19(23(20)28)35(17)26(36)39-27(2,3)4/h7,9,11,13,17,19-20,23H,8,10,12,14H2,1-6H3/t17-,19+,20-,23+/m1/s1. The van der Waals surface area contributed by atoms with E-state index in [-0.39, 0.29) is 12.8 Å². The fraction of sp³-hybridized carbons (Fsp3) is 0.556. The lowest BCUT2D eigenvalue weighted by Gasteiger charge is -2.44. The van der Waals surface area contributed by atoms with Gasteiger partial charge in [-0.25, -0.2) is 14.2 Å². The molecule has 214 valence electrons. The number of alkyl halides is 1. The maximum absolute atomic E-state index is 15.8. The van der Waals surface area contributed by atoms with Gasteiger partial charge in [0.05, 0.1) is 23.8 Å². The summed E-state index contributed by atoms with van der Waals surface area (Å²) < 4.78 is 37.3. The number of nitrogens with zero attached hydrogens (tertiary/aromatic N) is 7. The normalized spacial score (nSPS) is 22.3. The molecule has 12 nitrogen and oxygen atoms in total. The van der Waals surface area contributed by atoms with Crippen molar-refractivity contribution in [1.29, 1.82) is 0 Å². The molecule has 2 aromatic heterocycles. The first-order valence-electron chi connectivity index (χ1n) is 13.2. The van der Waals surface area contributed by atoms with Gasteiger partial charge in [-0.3, -0.25) is 4.90 Å². The van der Waals surface area contributed by atoms with Crippen LogP contribution in [0.2, 0.25) is 0 Å². The van der Waals surface area contributed by atoms with Gasteiger partial charge in [0, 0.05) is 32.7 Å². The smallest absolute Gasteiger partial charge is 0.410 e. The number of benzene rings is 1. The Morgan fingerprint density at radius 3 is 2.67 bits per heavy atom. The van der Waals surface area contributed by atoms with E-state index in [1.54, 1.807) is 42.1 Å². The van der Waals surface area contributed by atoms with Crippen molar-refractivity contribution in [3.8, 4) is 28.5 Å². The van der Waals surface area contributed by atoms with Crippen molar-refractivity contribution in [3.63, 3.8) is 0 Å². The van der Waals surface area contributed by atoms with E-state index >= 15 is 4.39 Å². The molecule has 40 heavy (non-hydrogen) atoms. The van der Waals surface area contributed by atoms with Crippen LogP contribution in [0.5, 0.6) is 5.75 Å². The molecule has 2 aliphatic rings. The van der Waals surface area contributed by atoms with Crippen molar-refractivity contribution in [3.05, 3.63) is 30.3 Å². The molecule has 1 aromatic carbocycles. The molecule has 2 bridgehead atoms. The number of fused-ring (bicyclic) bond motifs is 2. The molecule has 2 saturated heterocycles. The second-order valence-corrected chi connectivity index (χ2v) is 11.1. The molecule has 3 aromatic rings. The van der Waals surface area contributed by atoms with Crippen LogP contribution >= 0.6 is 0 Å². The quantitative estimate of drug-likeness (QED) is 0.389. The molecule has 0 saturated carbocycles. The van der Waals surface area contributed by atoms with Gasteiger partial charge in [0.1, 0.15) is 17.5 Å². The van der Waals surface area contributed by atoms with Crippen LogP contribution in [0.4, 0.5) is 15.0 Å². The van der Waals surface area contributed by atoms with Crippen molar-refractivity contribution in [2.75, 3.05) is 25.9 Å². The molecule has 13 heteroatoms. The number of methoxy groups -OCH3 is 1. The largest absolute Gasteiger partial charge is 0.467 e. The summed E-state index contributed by atoms with van der Waals surface area (Å²) in [5.41, 5.74) is 0.645. The van der Waals surface area contributed by atoms with Crippen molar-refractivity contribution < 1.29 is 27.9 Å². The van der Waals surface area contributed by atoms with Crippen LogP contribution in [-0.2, 0) is 9.47 Å². The maximum atomic E-state index is 15.8. The summed E-state index contributed by atoms with van der Waals surface area (Å²) in [7, 11) is 3.30. The van der Waals surface area contributed by atoms with Gasteiger partial charge in [0.15, 0.2) is 18.4 Å². The molecule has 0 spiro atoms. The van der Waals surface area contributed by atoms with Gasteiger partial charge >= 0.3 is 6.09 Å². The summed E-state index contributed by atoms with van der Waals surface area (Å²) in [6, 6.07) is 4.24. The Labute approximate surface area is 231 Å². The van der Waals surface area contributed by atoms with Crippen LogP contribution < -0.4 is 9.64 Å². The third-order valence-corrected chi connectivity index (χ3v) is 7.15. The zero-order chi connectivity index (χ0) is 28.6. The lowest BCUT2D eigenvalue weighted by Crippen LogP contribution is -2.59. The van der Waals surface area contributed by atoms with Gasteiger partial charge < -0.3 is 23.6 Å². The number of hydrogen-bond acceptors (Lipinski definition) is 11. The number of carbonyl (C=O) groups excluding carboxylic acids is 1. The predicted octanol–water partition coefficient (Wildman–Crippen LogP) is 4.19. The summed E-state index contributed by atoms with van der Waals surface area (Å²) in [6.07, 6.45) is 1.63. The van der Waals surface area contributed by atoms with Crippen molar-refractivity contribution in [2.45, 2.75) is 76.9 Å². The SMILES string of the molecule is COCOc1cc(-c2noc(C)n2)ccc1-c1ncc(N(C)[C@@H]2C[C@H]3CC[C@@H]([C@@H]2F)N3C(=O)OC(C)(C)C)nn1. The molecular weight excluding hydrogens is 521 g/mol. The van der Waals surface area contributed by atoms with Gasteiger partial charge in [0.2, 0.25) is 11.7 Å². The number of aryl methyl sites for hydroxylation is 1. The van der Waals surface area contributed by atoms with Gasteiger partial charge in [-0.1, -0.05) is 11.2 Å². The first-order valence-corrected chi connectivity index (χ1v) is 13.2. The molecule has 4 heterocycles. The Bertz CT molecular complexity index is 1350. The molecule has 0 aliphatic carbocycles. The molecular formula is C27H34FN7O5. The Balaban J connectivity index is 1.34. The van der Waals surface area contributed by atoms with Crippen molar-refractivity contribution in [2.24, 2.45) is 0 Å². The average molecular weight is 556 g/mol. The van der Waals surface area contributed by atoms with Crippen LogP contribution in [-0.4, -0.2) is 87.2 Å². The van der Waals surface area contributed by atoms with Crippen LogP contribution in [0, 0.1) is 6.92 Å². The molecule has 2 aliphatic heterocycles. The second kappa shape index (κ2) is 11.0. The van der Waals surface area contributed by atoms with Gasteiger partial charge in [-0.2, -0.15) is 4.98 Å². The van der Waals surface area contributed by atoms with Crippen LogP contribution in [0.25, 0.3) is 22.8 Å². The Hall–Kier alpha value is -3.87. The highest BCUT2D eigenvalue weighted by Gasteiger charge is 2.52. The summed E-state index contributed by atoms with van der Waals surface area (Å²) in [4.78, 5) is 24.9. The van der Waals surface area contributed by atoms with Crippen LogP contribution in [0.15, 0.2) is 28.9 Å². The number of carbonyl (C=O) groups is 1. The van der Waals surface area contributed by atoms with Gasteiger partial charge in [-0.15, -0.1) is 10.2 Å². The maximum Gasteiger partial charge on any atom is 0.410 e. The van der Waals surface area contributed by atoms with E-state index in [9.17, 15) is 4.79 Å². The summed E-state index contributed by atoms with van der Waals surface area (Å²) in [5, 5.41) is 12.6. The molecule has 4 atom stereocenters. The first kappa shape index (κ1) is 27.7. The Kier molecular flexibility index (Phi) is 7.58.